The summed E-state index contributed by atoms with van der Waals surface area (Å²) in [7, 11) is 0. The molecule has 0 bridgehead atoms. The zero-order valence-electron chi connectivity index (χ0n) is 10.1. The second kappa shape index (κ2) is 4.34. The van der Waals surface area contributed by atoms with Gasteiger partial charge in [0.05, 0.1) is 16.6 Å². The molecule has 0 aliphatic heterocycles. The Labute approximate surface area is 111 Å². The number of H-pyrrole nitrogens is 1. The van der Waals surface area contributed by atoms with E-state index in [1.807, 2.05) is 0 Å². The molecule has 0 aliphatic rings. The highest BCUT2D eigenvalue weighted by Crippen LogP contribution is 2.12. The van der Waals surface area contributed by atoms with Gasteiger partial charge in [-0.1, -0.05) is 0 Å². The molecule has 2 aromatic carbocycles. The van der Waals surface area contributed by atoms with Gasteiger partial charge in [-0.3, -0.25) is 4.79 Å². The van der Waals surface area contributed by atoms with E-state index in [1.165, 1.54) is 36.4 Å². The Bertz CT molecular complexity index is 910. The van der Waals surface area contributed by atoms with Crippen molar-refractivity contribution in [2.24, 2.45) is 0 Å². The average molecular weight is 272 g/mol. The lowest BCUT2D eigenvalue weighted by molar-refractivity contribution is 0.475. The molecule has 3 aromatic rings. The summed E-state index contributed by atoms with van der Waals surface area (Å²) in [6, 6.07) is 9.16. The molecule has 100 valence electrons. The van der Waals surface area contributed by atoms with Crippen molar-refractivity contribution in [3.05, 3.63) is 69.1 Å². The fourth-order valence-electron chi connectivity index (χ4n) is 2.02. The molecule has 0 fully saturated rings. The molecule has 1 heterocycles. The van der Waals surface area contributed by atoms with Gasteiger partial charge in [0.15, 0.2) is 0 Å². The van der Waals surface area contributed by atoms with Gasteiger partial charge in [0.2, 0.25) is 0 Å². The van der Waals surface area contributed by atoms with E-state index in [1.54, 1.807) is 0 Å². The summed E-state index contributed by atoms with van der Waals surface area (Å²) in [5.41, 5.74) is -0.676. The van der Waals surface area contributed by atoms with Gasteiger partial charge in [0.25, 0.3) is 5.56 Å². The minimum absolute atomic E-state index is 0.0186. The van der Waals surface area contributed by atoms with Gasteiger partial charge in [-0.2, -0.15) is 0 Å². The summed E-state index contributed by atoms with van der Waals surface area (Å²) in [5, 5.41) is 9.31. The van der Waals surface area contributed by atoms with Crippen molar-refractivity contribution >= 4 is 10.9 Å². The van der Waals surface area contributed by atoms with Crippen LogP contribution in [0, 0.1) is 5.82 Å². The van der Waals surface area contributed by atoms with Gasteiger partial charge in [-0.25, -0.2) is 13.8 Å². The van der Waals surface area contributed by atoms with Crippen molar-refractivity contribution in [1.82, 2.24) is 9.55 Å². The number of halogens is 1. The number of rotatable bonds is 1. The second-order valence-electron chi connectivity index (χ2n) is 4.28. The smallest absolute Gasteiger partial charge is 0.333 e. The van der Waals surface area contributed by atoms with E-state index in [-0.39, 0.29) is 16.7 Å². The zero-order valence-corrected chi connectivity index (χ0v) is 10.1. The van der Waals surface area contributed by atoms with Crippen molar-refractivity contribution < 1.29 is 9.50 Å². The lowest BCUT2D eigenvalue weighted by Gasteiger charge is -2.06. The van der Waals surface area contributed by atoms with Crippen LogP contribution in [0.25, 0.3) is 16.6 Å². The quantitative estimate of drug-likeness (QED) is 0.705. The first kappa shape index (κ1) is 12.2. The normalized spacial score (nSPS) is 10.8. The zero-order chi connectivity index (χ0) is 14.3. The minimum Gasteiger partial charge on any atom is -0.508 e. The molecule has 0 spiro atoms. The van der Waals surface area contributed by atoms with Gasteiger partial charge >= 0.3 is 5.69 Å². The molecular weight excluding hydrogens is 263 g/mol. The van der Waals surface area contributed by atoms with Crippen LogP contribution in [0.4, 0.5) is 4.39 Å². The molecule has 0 amide bonds. The molecule has 0 saturated carbocycles. The van der Waals surface area contributed by atoms with Crippen LogP contribution in [0.1, 0.15) is 0 Å². The molecule has 0 aliphatic carbocycles. The Morgan fingerprint density at radius 3 is 2.45 bits per heavy atom. The third-order valence-electron chi connectivity index (χ3n) is 2.97. The van der Waals surface area contributed by atoms with E-state index in [9.17, 15) is 19.1 Å². The lowest BCUT2D eigenvalue weighted by Crippen LogP contribution is -2.33. The summed E-state index contributed by atoms with van der Waals surface area (Å²) in [4.78, 5) is 26.8. The fourth-order valence-corrected chi connectivity index (χ4v) is 2.02. The van der Waals surface area contributed by atoms with Crippen LogP contribution in [-0.4, -0.2) is 14.7 Å². The molecule has 0 unspecified atom stereocenters. The van der Waals surface area contributed by atoms with Crippen LogP contribution < -0.4 is 11.2 Å². The molecule has 0 atom stereocenters. The maximum atomic E-state index is 13.2. The number of hydrogen-bond acceptors (Lipinski definition) is 3. The lowest BCUT2D eigenvalue weighted by atomic mass is 10.2. The number of phenols is 1. The first-order chi connectivity index (χ1) is 9.56. The molecule has 5 nitrogen and oxygen atoms in total. The number of aromatic nitrogens is 2. The number of nitrogens with zero attached hydrogens (tertiary/aromatic N) is 1. The van der Waals surface area contributed by atoms with Crippen molar-refractivity contribution in [2.75, 3.05) is 0 Å². The van der Waals surface area contributed by atoms with Crippen LogP contribution in [0.5, 0.6) is 5.75 Å². The van der Waals surface area contributed by atoms with Crippen molar-refractivity contribution in [3.63, 3.8) is 0 Å². The number of benzene rings is 2. The molecular formula is C14H9FN2O3. The van der Waals surface area contributed by atoms with E-state index >= 15 is 0 Å². The van der Waals surface area contributed by atoms with Gasteiger partial charge in [0.1, 0.15) is 11.6 Å². The van der Waals surface area contributed by atoms with Crippen molar-refractivity contribution in [2.45, 2.75) is 0 Å². The predicted octanol–water partition coefficient (Wildman–Crippen LogP) is 1.52. The van der Waals surface area contributed by atoms with Crippen molar-refractivity contribution in [3.8, 4) is 11.4 Å². The number of nitrogens with one attached hydrogen (secondary N) is 1. The van der Waals surface area contributed by atoms with Crippen molar-refractivity contribution in [1.29, 1.82) is 0 Å². The van der Waals surface area contributed by atoms with Gasteiger partial charge in [0, 0.05) is 0 Å². The standard InChI is InChI=1S/C14H9FN2O3/c15-8-1-6-12-11(7-8)13(19)17(14(20)16-12)9-2-4-10(18)5-3-9/h1-7,18H,(H,16,20). The summed E-state index contributed by atoms with van der Waals surface area (Å²) >= 11 is 0. The van der Waals surface area contributed by atoms with Gasteiger partial charge in [-0.05, 0) is 42.5 Å². The number of aromatic amines is 1. The van der Waals surface area contributed by atoms with Crippen LogP contribution in [0.2, 0.25) is 0 Å². The number of hydrogen-bond donors (Lipinski definition) is 2. The fraction of sp³-hybridized carbons (Fsp3) is 0. The van der Waals surface area contributed by atoms with E-state index < -0.39 is 17.1 Å². The number of aromatic hydroxyl groups is 1. The number of fused-ring (bicyclic) bond motifs is 1. The third kappa shape index (κ3) is 1.87. The summed E-state index contributed by atoms with van der Waals surface area (Å²) in [6.45, 7) is 0. The van der Waals surface area contributed by atoms with Gasteiger partial charge in [-0.15, -0.1) is 0 Å². The summed E-state index contributed by atoms with van der Waals surface area (Å²) < 4.78 is 14.1. The van der Waals surface area contributed by atoms with Crippen LogP contribution in [0.15, 0.2) is 52.1 Å². The summed E-state index contributed by atoms with van der Waals surface area (Å²) in [6.07, 6.45) is 0. The predicted molar refractivity (Wildman–Crippen MR) is 71.8 cm³/mol. The van der Waals surface area contributed by atoms with Crippen LogP contribution in [-0.2, 0) is 0 Å². The van der Waals surface area contributed by atoms with Crippen LogP contribution in [0.3, 0.4) is 0 Å². The highest BCUT2D eigenvalue weighted by molar-refractivity contribution is 5.77. The third-order valence-corrected chi connectivity index (χ3v) is 2.97. The average Bonchev–Trinajstić information content (AvgIpc) is 2.42. The molecule has 1 aromatic heterocycles. The Morgan fingerprint density at radius 1 is 1.05 bits per heavy atom. The first-order valence-electron chi connectivity index (χ1n) is 5.80. The Hall–Kier alpha value is -2.89. The molecule has 3 rings (SSSR count). The van der Waals surface area contributed by atoms with E-state index in [0.29, 0.717) is 5.69 Å². The molecule has 2 N–H and O–H groups in total. The maximum Gasteiger partial charge on any atom is 0.333 e. The Morgan fingerprint density at radius 2 is 1.75 bits per heavy atom. The second-order valence-corrected chi connectivity index (χ2v) is 4.28. The minimum atomic E-state index is -0.625. The largest absolute Gasteiger partial charge is 0.508 e. The van der Waals surface area contributed by atoms with Crippen LogP contribution >= 0.6 is 0 Å². The van der Waals surface area contributed by atoms with E-state index in [2.05, 4.69) is 4.98 Å². The maximum absolute atomic E-state index is 13.2. The molecule has 6 heteroatoms. The first-order valence-corrected chi connectivity index (χ1v) is 5.80. The molecule has 0 saturated heterocycles. The topological polar surface area (TPSA) is 75.1 Å². The molecule has 20 heavy (non-hydrogen) atoms. The highest BCUT2D eigenvalue weighted by Gasteiger charge is 2.10. The monoisotopic (exact) mass is 272 g/mol. The molecule has 0 radical (unpaired) electrons. The van der Waals surface area contributed by atoms with Gasteiger partial charge < -0.3 is 10.1 Å². The Balaban J connectivity index is 2.39. The summed E-state index contributed by atoms with van der Waals surface area (Å²) in [5.74, 6) is -0.538. The number of phenolic OH excluding ortho intramolecular Hbond substituents is 1. The highest BCUT2D eigenvalue weighted by atomic mass is 19.1. The SMILES string of the molecule is O=c1[nH]c2ccc(F)cc2c(=O)n1-c1ccc(O)cc1. The van der Waals surface area contributed by atoms with E-state index in [4.69, 9.17) is 0 Å². The van der Waals surface area contributed by atoms with E-state index in [0.717, 1.165) is 10.6 Å². The Kier molecular flexibility index (Phi) is 2.64.